The maximum Gasteiger partial charge on any atom is 0.305 e. The highest BCUT2D eigenvalue weighted by Gasteiger charge is 2.43. The fourth-order valence-corrected chi connectivity index (χ4v) is 5.38. The molecule has 0 saturated heterocycles. The van der Waals surface area contributed by atoms with Crippen LogP contribution in [0.3, 0.4) is 0 Å². The number of hydrogen-bond acceptors (Lipinski definition) is 7. The van der Waals surface area contributed by atoms with Gasteiger partial charge in [0.05, 0.1) is 30.3 Å². The molecule has 0 radical (unpaired) electrons. The Morgan fingerprint density at radius 1 is 1.25 bits per heavy atom. The molecule has 0 unspecified atom stereocenters. The molecular weight excluding hydrogens is 480 g/mol. The largest absolute Gasteiger partial charge is 0.469 e. The zero-order valence-electron chi connectivity index (χ0n) is 21.3. The maximum atomic E-state index is 12.9. The fourth-order valence-electron chi connectivity index (χ4n) is 4.25. The lowest BCUT2D eigenvalue weighted by Crippen LogP contribution is -2.25. The second kappa shape index (κ2) is 15.0. The summed E-state index contributed by atoms with van der Waals surface area (Å²) in [5.74, 6) is 4.76. The summed E-state index contributed by atoms with van der Waals surface area (Å²) < 4.78 is 36.2. The molecule has 8 heteroatoms. The summed E-state index contributed by atoms with van der Waals surface area (Å²) in [6, 6.07) is 6.45. The van der Waals surface area contributed by atoms with Crippen LogP contribution in [0.1, 0.15) is 57.4 Å². The van der Waals surface area contributed by atoms with Crippen LogP contribution in [0.15, 0.2) is 53.5 Å². The molecule has 0 amide bonds. The van der Waals surface area contributed by atoms with Crippen LogP contribution in [-0.2, 0) is 23.8 Å². The SMILES string of the molecule is CC#CCC[C@H](O)C=C[C@@H]1[C@@H](CC=CCCCC(=O)OC)[C@H](OS(=O)(=O)c2ccc(C)cc2)C[C@H]1O. The van der Waals surface area contributed by atoms with Gasteiger partial charge >= 0.3 is 5.97 Å². The maximum absolute atomic E-state index is 12.9. The molecule has 1 aliphatic carbocycles. The Hall–Kier alpha value is -2.44. The molecule has 36 heavy (non-hydrogen) atoms. The van der Waals surface area contributed by atoms with Gasteiger partial charge in [0.25, 0.3) is 10.1 Å². The van der Waals surface area contributed by atoms with Crippen molar-refractivity contribution < 1.29 is 32.3 Å². The van der Waals surface area contributed by atoms with Gasteiger partial charge in [0.2, 0.25) is 0 Å². The van der Waals surface area contributed by atoms with E-state index in [1.54, 1.807) is 31.2 Å². The number of unbranched alkanes of at least 4 members (excludes halogenated alkanes) is 1. The van der Waals surface area contributed by atoms with Gasteiger partial charge in [0.1, 0.15) is 0 Å². The van der Waals surface area contributed by atoms with Crippen LogP contribution < -0.4 is 0 Å². The predicted octanol–water partition coefficient (Wildman–Crippen LogP) is 4.08. The van der Waals surface area contributed by atoms with Crippen LogP contribution in [0.5, 0.6) is 0 Å². The average Bonchev–Trinajstić information content (AvgIpc) is 3.13. The summed E-state index contributed by atoms with van der Waals surface area (Å²) in [4.78, 5) is 11.3. The van der Waals surface area contributed by atoms with Crippen molar-refractivity contribution in [3.05, 3.63) is 54.1 Å². The highest BCUT2D eigenvalue weighted by atomic mass is 32.2. The molecule has 1 aliphatic rings. The molecule has 7 nitrogen and oxygen atoms in total. The molecular formula is C28H38O7S. The van der Waals surface area contributed by atoms with Crippen LogP contribution in [0, 0.1) is 30.6 Å². The van der Waals surface area contributed by atoms with Crippen molar-refractivity contribution in [2.45, 2.75) is 82.0 Å². The molecule has 0 heterocycles. The second-order valence-corrected chi connectivity index (χ2v) is 10.6. The van der Waals surface area contributed by atoms with Crippen LogP contribution in [-0.4, -0.2) is 50.0 Å². The van der Waals surface area contributed by atoms with Gasteiger partial charge in [-0.2, -0.15) is 8.42 Å². The number of allylic oxidation sites excluding steroid dienone is 2. The third-order valence-electron chi connectivity index (χ3n) is 6.30. The van der Waals surface area contributed by atoms with Crippen LogP contribution in [0.4, 0.5) is 0 Å². The summed E-state index contributed by atoms with van der Waals surface area (Å²) in [5.41, 5.74) is 0.939. The number of ether oxygens (including phenoxy) is 1. The van der Waals surface area contributed by atoms with Gasteiger partial charge in [-0.05, 0) is 57.6 Å². The van der Waals surface area contributed by atoms with E-state index in [9.17, 15) is 23.4 Å². The highest BCUT2D eigenvalue weighted by Crippen LogP contribution is 2.39. The molecule has 1 aromatic rings. The normalized spacial score (nSPS) is 23.0. The van der Waals surface area contributed by atoms with E-state index in [1.807, 2.05) is 19.1 Å². The molecule has 2 rings (SSSR count). The first-order valence-electron chi connectivity index (χ1n) is 12.3. The summed E-state index contributed by atoms with van der Waals surface area (Å²) in [5, 5.41) is 21.0. The van der Waals surface area contributed by atoms with Crippen molar-refractivity contribution in [3.8, 4) is 11.8 Å². The van der Waals surface area contributed by atoms with E-state index in [1.165, 1.54) is 19.2 Å². The summed E-state index contributed by atoms with van der Waals surface area (Å²) in [7, 11) is -2.66. The molecule has 0 spiro atoms. The Morgan fingerprint density at radius 3 is 2.64 bits per heavy atom. The van der Waals surface area contributed by atoms with Gasteiger partial charge in [-0.1, -0.05) is 42.0 Å². The lowest BCUT2D eigenvalue weighted by Gasteiger charge is -2.22. The van der Waals surface area contributed by atoms with Gasteiger partial charge in [0.15, 0.2) is 0 Å². The van der Waals surface area contributed by atoms with Crippen molar-refractivity contribution in [2.24, 2.45) is 11.8 Å². The molecule has 0 aliphatic heterocycles. The Labute approximate surface area is 215 Å². The van der Waals surface area contributed by atoms with Crippen LogP contribution >= 0.6 is 0 Å². The quantitative estimate of drug-likeness (QED) is 0.133. The van der Waals surface area contributed by atoms with Gasteiger partial charge in [-0.15, -0.1) is 11.8 Å². The molecule has 5 atom stereocenters. The average molecular weight is 519 g/mol. The standard InChI is InChI=1S/C28H38O7S/c1-4-5-8-11-22(29)16-19-24-25(12-9-6-7-10-13-28(31)34-3)27(20-26(24)30)35-36(32,33)23-17-14-21(2)15-18-23/h6,9,14-19,22,24-27,29-30H,7-8,10-13,20H2,1-3H3/t22-,24+,25+,26+,27+/m0/s1. The zero-order valence-corrected chi connectivity index (χ0v) is 22.1. The Kier molecular flexibility index (Phi) is 12.4. The van der Waals surface area contributed by atoms with Gasteiger partial charge in [0, 0.05) is 25.2 Å². The first-order valence-corrected chi connectivity index (χ1v) is 13.7. The molecule has 1 fully saturated rings. The predicted molar refractivity (Wildman–Crippen MR) is 138 cm³/mol. The number of aryl methyl sites for hydroxylation is 1. The minimum atomic E-state index is -4.01. The van der Waals surface area contributed by atoms with E-state index in [2.05, 4.69) is 16.6 Å². The second-order valence-electron chi connectivity index (χ2n) is 9.04. The smallest absolute Gasteiger partial charge is 0.305 e. The minimum Gasteiger partial charge on any atom is -0.469 e. The molecule has 2 N–H and O–H groups in total. The highest BCUT2D eigenvalue weighted by molar-refractivity contribution is 7.86. The number of carbonyl (C=O) groups excluding carboxylic acids is 1. The minimum absolute atomic E-state index is 0.0751. The van der Waals surface area contributed by atoms with Gasteiger partial charge < -0.3 is 14.9 Å². The van der Waals surface area contributed by atoms with Crippen molar-refractivity contribution in [1.29, 1.82) is 0 Å². The van der Waals surface area contributed by atoms with E-state index in [-0.39, 0.29) is 29.1 Å². The van der Waals surface area contributed by atoms with Crippen molar-refractivity contribution in [3.63, 3.8) is 0 Å². The van der Waals surface area contributed by atoms with Crippen molar-refractivity contribution in [2.75, 3.05) is 7.11 Å². The lowest BCUT2D eigenvalue weighted by atomic mass is 9.89. The van der Waals surface area contributed by atoms with E-state index < -0.39 is 28.4 Å². The number of esters is 1. The number of methoxy groups -OCH3 is 1. The number of hydrogen-bond donors (Lipinski definition) is 2. The Morgan fingerprint density at radius 2 is 1.97 bits per heavy atom. The Bertz CT molecular complexity index is 1050. The molecule has 0 aromatic heterocycles. The van der Waals surface area contributed by atoms with E-state index in [4.69, 9.17) is 4.18 Å². The van der Waals surface area contributed by atoms with Crippen molar-refractivity contribution in [1.82, 2.24) is 0 Å². The van der Waals surface area contributed by atoms with E-state index in [0.29, 0.717) is 38.5 Å². The molecule has 1 aromatic carbocycles. The van der Waals surface area contributed by atoms with Crippen LogP contribution in [0.25, 0.3) is 0 Å². The van der Waals surface area contributed by atoms with Crippen molar-refractivity contribution >= 4 is 16.1 Å². The number of carbonyl (C=O) groups is 1. The monoisotopic (exact) mass is 518 g/mol. The third kappa shape index (κ3) is 9.55. The number of rotatable bonds is 13. The summed E-state index contributed by atoms with van der Waals surface area (Å²) in [6.45, 7) is 3.62. The van der Waals surface area contributed by atoms with Gasteiger partial charge in [-0.3, -0.25) is 8.98 Å². The zero-order chi connectivity index (χ0) is 26.6. The topological polar surface area (TPSA) is 110 Å². The Balaban J connectivity index is 2.14. The van der Waals surface area contributed by atoms with E-state index in [0.717, 1.165) is 5.56 Å². The van der Waals surface area contributed by atoms with Gasteiger partial charge in [-0.25, -0.2) is 0 Å². The molecule has 198 valence electrons. The first kappa shape index (κ1) is 29.8. The third-order valence-corrected chi connectivity index (χ3v) is 7.65. The number of aliphatic hydroxyl groups is 2. The first-order chi connectivity index (χ1) is 17.2. The molecule has 0 bridgehead atoms. The fraction of sp³-hybridized carbons (Fsp3) is 0.536. The summed E-state index contributed by atoms with van der Waals surface area (Å²) in [6.07, 6.45) is 8.41. The van der Waals surface area contributed by atoms with Crippen LogP contribution in [0.2, 0.25) is 0 Å². The number of aliphatic hydroxyl groups excluding tert-OH is 2. The molecule has 1 saturated carbocycles. The van der Waals surface area contributed by atoms with E-state index >= 15 is 0 Å². The summed E-state index contributed by atoms with van der Waals surface area (Å²) >= 11 is 0. The lowest BCUT2D eigenvalue weighted by molar-refractivity contribution is -0.140. The number of benzene rings is 1.